The Hall–Kier alpha value is -2.08. The van der Waals surface area contributed by atoms with Gasteiger partial charge in [-0.15, -0.1) is 0 Å². The molecule has 0 fully saturated rings. The van der Waals surface area contributed by atoms with E-state index in [-0.39, 0.29) is 16.7 Å². The number of hydrogen-bond donors (Lipinski definition) is 1. The molecular formula is C15H13BrN2O3. The van der Waals surface area contributed by atoms with Crippen LogP contribution in [0.25, 0.3) is 0 Å². The highest BCUT2D eigenvalue weighted by molar-refractivity contribution is 9.10. The molecule has 1 unspecified atom stereocenters. The van der Waals surface area contributed by atoms with Crippen LogP contribution in [0.2, 0.25) is 0 Å². The maximum absolute atomic E-state index is 11.0. The van der Waals surface area contributed by atoms with Crippen LogP contribution in [-0.2, 0) is 6.42 Å². The van der Waals surface area contributed by atoms with E-state index < -0.39 is 0 Å². The minimum Gasteiger partial charge on any atom is -0.488 e. The molecule has 0 bridgehead atoms. The number of ether oxygens (including phenoxy) is 1. The van der Waals surface area contributed by atoms with E-state index in [0.717, 1.165) is 16.6 Å². The zero-order chi connectivity index (χ0) is 14.8. The highest BCUT2D eigenvalue weighted by Crippen LogP contribution is 2.30. The van der Waals surface area contributed by atoms with Gasteiger partial charge in [0.1, 0.15) is 17.5 Å². The zero-order valence-electron chi connectivity index (χ0n) is 11.1. The number of nitrogens with one attached hydrogen (secondary N) is 1. The van der Waals surface area contributed by atoms with E-state index in [1.165, 1.54) is 11.6 Å². The van der Waals surface area contributed by atoms with Gasteiger partial charge in [-0.1, -0.05) is 34.1 Å². The average Bonchev–Trinajstić information content (AvgIpc) is 2.87. The molecule has 2 aromatic carbocycles. The Labute approximate surface area is 130 Å². The van der Waals surface area contributed by atoms with Gasteiger partial charge in [-0.3, -0.25) is 10.1 Å². The summed E-state index contributed by atoms with van der Waals surface area (Å²) >= 11 is 3.33. The van der Waals surface area contributed by atoms with Crippen molar-refractivity contribution in [3.63, 3.8) is 0 Å². The van der Waals surface area contributed by atoms with Crippen LogP contribution < -0.4 is 10.1 Å². The second-order valence-electron chi connectivity index (χ2n) is 4.85. The Morgan fingerprint density at radius 2 is 2.14 bits per heavy atom. The van der Waals surface area contributed by atoms with E-state index in [4.69, 9.17) is 4.74 Å². The van der Waals surface area contributed by atoms with Crippen LogP contribution in [0.3, 0.4) is 0 Å². The predicted molar refractivity (Wildman–Crippen MR) is 83.8 cm³/mol. The molecule has 3 rings (SSSR count). The van der Waals surface area contributed by atoms with E-state index in [2.05, 4.69) is 21.2 Å². The number of nitro benzene ring substituents is 1. The van der Waals surface area contributed by atoms with E-state index >= 15 is 0 Å². The molecule has 21 heavy (non-hydrogen) atoms. The smallest absolute Gasteiger partial charge is 0.292 e. The van der Waals surface area contributed by atoms with Gasteiger partial charge in [0.15, 0.2) is 0 Å². The Morgan fingerprint density at radius 3 is 2.90 bits per heavy atom. The summed E-state index contributed by atoms with van der Waals surface area (Å²) in [6.45, 7) is 0.520. The average molecular weight is 349 g/mol. The number of anilines is 1. The van der Waals surface area contributed by atoms with E-state index in [9.17, 15) is 10.1 Å². The van der Waals surface area contributed by atoms with Crippen molar-refractivity contribution in [3.05, 3.63) is 62.6 Å². The largest absolute Gasteiger partial charge is 0.488 e. The van der Waals surface area contributed by atoms with Crippen molar-refractivity contribution in [3.8, 4) is 5.75 Å². The first-order chi connectivity index (χ1) is 10.1. The molecule has 1 N–H and O–H groups in total. The second-order valence-corrected chi connectivity index (χ2v) is 5.77. The number of fused-ring (bicyclic) bond motifs is 1. The molecule has 0 saturated carbocycles. The van der Waals surface area contributed by atoms with Crippen LogP contribution in [0.15, 0.2) is 46.9 Å². The van der Waals surface area contributed by atoms with Gasteiger partial charge in [-0.05, 0) is 23.8 Å². The first-order valence-corrected chi connectivity index (χ1v) is 7.35. The first kappa shape index (κ1) is 13.9. The van der Waals surface area contributed by atoms with Crippen LogP contribution in [0, 0.1) is 10.1 Å². The van der Waals surface area contributed by atoms with Gasteiger partial charge >= 0.3 is 0 Å². The Morgan fingerprint density at radius 1 is 1.33 bits per heavy atom. The van der Waals surface area contributed by atoms with Crippen LogP contribution in [0.1, 0.15) is 5.56 Å². The summed E-state index contributed by atoms with van der Waals surface area (Å²) in [7, 11) is 0. The third kappa shape index (κ3) is 3.00. The lowest BCUT2D eigenvalue weighted by Gasteiger charge is -2.13. The van der Waals surface area contributed by atoms with E-state index in [0.29, 0.717) is 12.2 Å². The van der Waals surface area contributed by atoms with Gasteiger partial charge in [0.25, 0.3) is 5.69 Å². The van der Waals surface area contributed by atoms with Crippen molar-refractivity contribution in [2.45, 2.75) is 12.5 Å². The highest BCUT2D eigenvalue weighted by atomic mass is 79.9. The monoisotopic (exact) mass is 348 g/mol. The summed E-state index contributed by atoms with van der Waals surface area (Å²) in [6, 6.07) is 12.8. The second kappa shape index (κ2) is 5.73. The fraction of sp³-hybridized carbons (Fsp3) is 0.200. The summed E-state index contributed by atoms with van der Waals surface area (Å²) in [5.74, 6) is 0.896. The number of nitrogens with zero attached hydrogens (tertiary/aromatic N) is 1. The molecule has 0 radical (unpaired) electrons. The molecule has 1 atom stereocenters. The summed E-state index contributed by atoms with van der Waals surface area (Å²) in [5.41, 5.74) is 1.73. The fourth-order valence-corrected chi connectivity index (χ4v) is 2.76. The zero-order valence-corrected chi connectivity index (χ0v) is 12.7. The van der Waals surface area contributed by atoms with Crippen molar-refractivity contribution >= 4 is 27.3 Å². The molecule has 1 aliphatic rings. The molecule has 5 nitrogen and oxygen atoms in total. The van der Waals surface area contributed by atoms with Crippen LogP contribution in [0.4, 0.5) is 11.4 Å². The van der Waals surface area contributed by atoms with Crippen LogP contribution >= 0.6 is 15.9 Å². The van der Waals surface area contributed by atoms with E-state index in [1.54, 1.807) is 12.1 Å². The molecular weight excluding hydrogens is 336 g/mol. The van der Waals surface area contributed by atoms with Crippen molar-refractivity contribution in [1.29, 1.82) is 0 Å². The molecule has 0 aliphatic carbocycles. The van der Waals surface area contributed by atoms with Gasteiger partial charge in [0.2, 0.25) is 0 Å². The number of rotatable bonds is 4. The quantitative estimate of drug-likeness (QED) is 0.674. The van der Waals surface area contributed by atoms with E-state index in [1.807, 2.05) is 24.3 Å². The van der Waals surface area contributed by atoms with Gasteiger partial charge in [-0.2, -0.15) is 0 Å². The number of benzene rings is 2. The molecule has 0 spiro atoms. The Balaban J connectivity index is 1.69. The standard InChI is InChI=1S/C15H13BrN2O3/c16-11-5-6-14(18(19)20)13(8-11)17-9-12-7-10-3-1-2-4-15(10)21-12/h1-6,8,12,17H,7,9H2. The Kier molecular flexibility index (Phi) is 3.79. The molecule has 0 saturated heterocycles. The summed E-state index contributed by atoms with van der Waals surface area (Å²) in [4.78, 5) is 10.6. The third-order valence-electron chi connectivity index (χ3n) is 3.39. The van der Waals surface area contributed by atoms with Crippen molar-refractivity contribution in [2.75, 3.05) is 11.9 Å². The van der Waals surface area contributed by atoms with Gasteiger partial charge in [0, 0.05) is 17.0 Å². The minimum atomic E-state index is -0.390. The van der Waals surface area contributed by atoms with Gasteiger partial charge in [-0.25, -0.2) is 0 Å². The highest BCUT2D eigenvalue weighted by Gasteiger charge is 2.23. The number of nitro groups is 1. The fourth-order valence-electron chi connectivity index (χ4n) is 2.40. The molecule has 2 aromatic rings. The van der Waals surface area contributed by atoms with Crippen molar-refractivity contribution in [2.24, 2.45) is 0 Å². The lowest BCUT2D eigenvalue weighted by Crippen LogP contribution is -2.24. The number of para-hydroxylation sites is 1. The molecule has 0 aromatic heterocycles. The van der Waals surface area contributed by atoms with Gasteiger partial charge in [0.05, 0.1) is 11.5 Å². The predicted octanol–water partition coefficient (Wildman–Crippen LogP) is 3.77. The SMILES string of the molecule is O=[N+]([O-])c1ccc(Br)cc1NCC1Cc2ccccc2O1. The summed E-state index contributed by atoms with van der Waals surface area (Å²) < 4.78 is 6.61. The molecule has 6 heteroatoms. The number of hydrogen-bond acceptors (Lipinski definition) is 4. The topological polar surface area (TPSA) is 64.4 Å². The Bertz CT molecular complexity index is 665. The maximum Gasteiger partial charge on any atom is 0.292 e. The van der Waals surface area contributed by atoms with Gasteiger partial charge < -0.3 is 10.1 Å². The molecule has 1 heterocycles. The van der Waals surface area contributed by atoms with Crippen LogP contribution in [0.5, 0.6) is 5.75 Å². The van der Waals surface area contributed by atoms with Crippen LogP contribution in [-0.4, -0.2) is 17.6 Å². The van der Waals surface area contributed by atoms with Crippen molar-refractivity contribution in [1.82, 2.24) is 0 Å². The summed E-state index contributed by atoms with van der Waals surface area (Å²) in [6.07, 6.45) is 0.798. The summed E-state index contributed by atoms with van der Waals surface area (Å²) in [5, 5.41) is 14.1. The minimum absolute atomic E-state index is 0.0130. The van der Waals surface area contributed by atoms with Crippen molar-refractivity contribution < 1.29 is 9.66 Å². The molecule has 0 amide bonds. The lowest BCUT2D eigenvalue weighted by atomic mass is 10.1. The first-order valence-electron chi connectivity index (χ1n) is 6.56. The molecule has 108 valence electrons. The third-order valence-corrected chi connectivity index (χ3v) is 3.88. The normalized spacial score (nSPS) is 16.1. The molecule has 1 aliphatic heterocycles. The number of halogens is 1. The lowest BCUT2D eigenvalue weighted by molar-refractivity contribution is -0.384. The maximum atomic E-state index is 11.0.